The molecule has 0 bridgehead atoms. The van der Waals surface area contributed by atoms with Gasteiger partial charge in [-0.3, -0.25) is 9.59 Å². The minimum absolute atomic E-state index is 0.0276. The minimum atomic E-state index is -0.521. The molecule has 2 rings (SSSR count). The molecule has 0 aliphatic carbocycles. The van der Waals surface area contributed by atoms with Crippen LogP contribution in [0.1, 0.15) is 10.6 Å². The molecule has 0 fully saturated rings. The molecule has 21 heavy (non-hydrogen) atoms. The van der Waals surface area contributed by atoms with Crippen LogP contribution in [0, 0.1) is 5.82 Å². The predicted molar refractivity (Wildman–Crippen MR) is 75.1 cm³/mol. The van der Waals surface area contributed by atoms with Crippen molar-refractivity contribution in [2.45, 2.75) is 0 Å². The van der Waals surface area contributed by atoms with Gasteiger partial charge in [0, 0.05) is 14.1 Å². The van der Waals surface area contributed by atoms with Crippen LogP contribution >= 0.6 is 0 Å². The Kier molecular flexibility index (Phi) is 4.37. The lowest BCUT2D eigenvalue weighted by molar-refractivity contribution is -0.127. The molecule has 0 radical (unpaired) electrons. The van der Waals surface area contributed by atoms with Gasteiger partial charge in [-0.1, -0.05) is 12.1 Å². The lowest BCUT2D eigenvalue weighted by Crippen LogP contribution is -2.36. The molecule has 0 aliphatic rings. The molecular formula is C15H15FN2O3. The molecule has 6 heteroatoms. The molecular weight excluding hydrogens is 275 g/mol. The van der Waals surface area contributed by atoms with E-state index < -0.39 is 11.7 Å². The normalized spacial score (nSPS) is 10.2. The van der Waals surface area contributed by atoms with E-state index in [0.29, 0.717) is 0 Å². The van der Waals surface area contributed by atoms with Gasteiger partial charge in [0.2, 0.25) is 5.91 Å². The fourth-order valence-corrected chi connectivity index (χ4v) is 1.67. The SMILES string of the molecule is CN(C)C(=O)CNC(=O)c1ccc(-c2ccccc2F)o1. The number of carbonyl (C=O) groups excluding carboxylic acids is 2. The van der Waals surface area contributed by atoms with Crippen molar-refractivity contribution in [2.75, 3.05) is 20.6 Å². The van der Waals surface area contributed by atoms with Crippen molar-refractivity contribution in [2.24, 2.45) is 0 Å². The number of furan rings is 1. The molecule has 1 N–H and O–H groups in total. The zero-order valence-electron chi connectivity index (χ0n) is 11.7. The molecule has 2 amide bonds. The number of carbonyl (C=O) groups is 2. The van der Waals surface area contributed by atoms with Crippen LogP contribution in [0.3, 0.4) is 0 Å². The maximum atomic E-state index is 13.6. The summed E-state index contributed by atoms with van der Waals surface area (Å²) < 4.78 is 18.9. The quantitative estimate of drug-likeness (QED) is 0.935. The number of hydrogen-bond acceptors (Lipinski definition) is 3. The Hall–Kier alpha value is -2.63. The van der Waals surface area contributed by atoms with Crippen molar-refractivity contribution in [3.63, 3.8) is 0 Å². The molecule has 1 heterocycles. The van der Waals surface area contributed by atoms with Gasteiger partial charge < -0.3 is 14.6 Å². The summed E-state index contributed by atoms with van der Waals surface area (Å²) in [6.45, 7) is -0.123. The summed E-state index contributed by atoms with van der Waals surface area (Å²) in [5.74, 6) is -0.893. The second-order valence-corrected chi connectivity index (χ2v) is 4.61. The Morgan fingerprint density at radius 3 is 2.57 bits per heavy atom. The average molecular weight is 290 g/mol. The highest BCUT2D eigenvalue weighted by atomic mass is 19.1. The van der Waals surface area contributed by atoms with E-state index in [2.05, 4.69) is 5.32 Å². The molecule has 0 aliphatic heterocycles. The van der Waals surface area contributed by atoms with Gasteiger partial charge in [0.25, 0.3) is 5.91 Å². The van der Waals surface area contributed by atoms with Crippen LogP contribution in [-0.4, -0.2) is 37.4 Å². The zero-order valence-corrected chi connectivity index (χ0v) is 11.7. The van der Waals surface area contributed by atoms with Crippen LogP contribution in [-0.2, 0) is 4.79 Å². The van der Waals surface area contributed by atoms with E-state index in [1.165, 1.54) is 23.1 Å². The fraction of sp³-hybridized carbons (Fsp3) is 0.200. The molecule has 0 unspecified atom stereocenters. The van der Waals surface area contributed by atoms with Crippen molar-refractivity contribution >= 4 is 11.8 Å². The summed E-state index contributed by atoms with van der Waals surface area (Å²) in [6, 6.07) is 9.08. The first kappa shape index (κ1) is 14.8. The molecule has 5 nitrogen and oxygen atoms in total. The van der Waals surface area contributed by atoms with Crippen molar-refractivity contribution in [1.29, 1.82) is 0 Å². The molecule has 1 aromatic carbocycles. The van der Waals surface area contributed by atoms with E-state index in [0.717, 1.165) is 0 Å². The molecule has 1 aromatic heterocycles. The molecule has 0 spiro atoms. The summed E-state index contributed by atoms with van der Waals surface area (Å²) >= 11 is 0. The van der Waals surface area contributed by atoms with E-state index in [1.807, 2.05) is 0 Å². The molecule has 0 saturated carbocycles. The predicted octanol–water partition coefficient (Wildman–Crippen LogP) is 1.90. The fourth-order valence-electron chi connectivity index (χ4n) is 1.67. The number of nitrogens with zero attached hydrogens (tertiary/aromatic N) is 1. The summed E-state index contributed by atoms with van der Waals surface area (Å²) in [5.41, 5.74) is 0.279. The lowest BCUT2D eigenvalue weighted by atomic mass is 10.1. The van der Waals surface area contributed by atoms with Crippen LogP contribution in [0.5, 0.6) is 0 Å². The Labute approximate surface area is 121 Å². The minimum Gasteiger partial charge on any atom is -0.451 e. The highest BCUT2D eigenvalue weighted by molar-refractivity contribution is 5.94. The van der Waals surface area contributed by atoms with E-state index in [4.69, 9.17) is 4.42 Å². The third kappa shape index (κ3) is 3.47. The Bertz CT molecular complexity index is 664. The first-order chi connectivity index (χ1) is 9.99. The van der Waals surface area contributed by atoms with Gasteiger partial charge in [0.1, 0.15) is 11.6 Å². The Morgan fingerprint density at radius 2 is 1.90 bits per heavy atom. The van der Waals surface area contributed by atoms with Gasteiger partial charge in [-0.25, -0.2) is 4.39 Å². The van der Waals surface area contributed by atoms with Crippen LogP contribution < -0.4 is 5.32 Å². The topological polar surface area (TPSA) is 62.6 Å². The second kappa shape index (κ2) is 6.21. The van der Waals surface area contributed by atoms with Gasteiger partial charge in [-0.2, -0.15) is 0 Å². The van der Waals surface area contributed by atoms with E-state index in [9.17, 15) is 14.0 Å². The number of halogens is 1. The molecule has 2 aromatic rings. The number of likely N-dealkylation sites (N-methyl/N-ethyl adjacent to an activating group) is 1. The largest absolute Gasteiger partial charge is 0.451 e. The average Bonchev–Trinajstić information content (AvgIpc) is 2.94. The molecule has 0 saturated heterocycles. The first-order valence-electron chi connectivity index (χ1n) is 6.32. The van der Waals surface area contributed by atoms with Crippen LogP contribution in [0.4, 0.5) is 4.39 Å². The van der Waals surface area contributed by atoms with Crippen molar-refractivity contribution in [1.82, 2.24) is 10.2 Å². The number of nitrogens with one attached hydrogen (secondary N) is 1. The van der Waals surface area contributed by atoms with Gasteiger partial charge in [-0.15, -0.1) is 0 Å². The van der Waals surface area contributed by atoms with Gasteiger partial charge in [0.05, 0.1) is 12.1 Å². The Balaban J connectivity index is 2.08. The van der Waals surface area contributed by atoms with Crippen LogP contribution in [0.2, 0.25) is 0 Å². The second-order valence-electron chi connectivity index (χ2n) is 4.61. The van der Waals surface area contributed by atoms with Crippen molar-refractivity contribution in [3.05, 3.63) is 48.0 Å². The third-order valence-electron chi connectivity index (χ3n) is 2.87. The summed E-state index contributed by atoms with van der Waals surface area (Å²) in [7, 11) is 3.19. The van der Waals surface area contributed by atoms with Gasteiger partial charge in [0.15, 0.2) is 5.76 Å². The highest BCUT2D eigenvalue weighted by Gasteiger charge is 2.15. The van der Waals surface area contributed by atoms with E-state index in [1.54, 1.807) is 32.3 Å². The maximum absolute atomic E-state index is 13.6. The maximum Gasteiger partial charge on any atom is 0.287 e. The van der Waals surface area contributed by atoms with Crippen LogP contribution in [0.15, 0.2) is 40.8 Å². The zero-order chi connectivity index (χ0) is 15.4. The summed E-state index contributed by atoms with van der Waals surface area (Å²) in [4.78, 5) is 24.6. The van der Waals surface area contributed by atoms with Crippen molar-refractivity contribution in [3.8, 4) is 11.3 Å². The highest BCUT2D eigenvalue weighted by Crippen LogP contribution is 2.24. The lowest BCUT2D eigenvalue weighted by Gasteiger charge is -2.10. The third-order valence-corrected chi connectivity index (χ3v) is 2.87. The van der Waals surface area contributed by atoms with Crippen LogP contribution in [0.25, 0.3) is 11.3 Å². The van der Waals surface area contributed by atoms with E-state index >= 15 is 0 Å². The van der Waals surface area contributed by atoms with Gasteiger partial charge >= 0.3 is 0 Å². The number of amides is 2. The number of hydrogen-bond donors (Lipinski definition) is 1. The number of rotatable bonds is 4. The molecule has 0 atom stereocenters. The smallest absolute Gasteiger partial charge is 0.287 e. The standard InChI is InChI=1S/C15H15FN2O3/c1-18(2)14(19)9-17-15(20)13-8-7-12(21-13)10-5-3-4-6-11(10)16/h3-8H,9H2,1-2H3,(H,17,20). The van der Waals surface area contributed by atoms with Gasteiger partial charge in [-0.05, 0) is 24.3 Å². The number of benzene rings is 1. The summed E-state index contributed by atoms with van der Waals surface area (Å²) in [5, 5.41) is 2.44. The van der Waals surface area contributed by atoms with Crippen molar-refractivity contribution < 1.29 is 18.4 Å². The summed E-state index contributed by atoms with van der Waals surface area (Å²) in [6.07, 6.45) is 0. The first-order valence-corrected chi connectivity index (χ1v) is 6.32. The molecule has 110 valence electrons. The monoisotopic (exact) mass is 290 g/mol. The Morgan fingerprint density at radius 1 is 1.19 bits per heavy atom. The van der Waals surface area contributed by atoms with E-state index in [-0.39, 0.29) is 29.5 Å².